The zero-order valence-electron chi connectivity index (χ0n) is 7.35. The van der Waals surface area contributed by atoms with Crippen molar-refractivity contribution in [2.24, 2.45) is 0 Å². The average molecular weight is 150 g/mol. The number of carbonyl (C=O) groups excluding carboxylic acids is 1. The molecular weight excluding hydrogens is 136 g/mol. The lowest BCUT2D eigenvalue weighted by molar-refractivity contribution is -0.113. The third kappa shape index (κ3) is 4.31. The van der Waals surface area contributed by atoms with Gasteiger partial charge in [0.05, 0.1) is 0 Å². The largest absolute Gasteiger partial charge is 0.295 e. The van der Waals surface area contributed by atoms with E-state index >= 15 is 0 Å². The van der Waals surface area contributed by atoms with E-state index in [1.54, 1.807) is 19.1 Å². The monoisotopic (exact) mass is 150 g/mol. The minimum absolute atomic E-state index is 0.0880. The van der Waals surface area contributed by atoms with E-state index < -0.39 is 0 Å². The van der Waals surface area contributed by atoms with E-state index in [2.05, 4.69) is 6.58 Å². The van der Waals surface area contributed by atoms with Crippen molar-refractivity contribution < 1.29 is 4.79 Å². The Labute approximate surface area is 68.1 Å². The van der Waals surface area contributed by atoms with Crippen molar-refractivity contribution in [3.63, 3.8) is 0 Å². The molecule has 0 amide bonds. The van der Waals surface area contributed by atoms with Gasteiger partial charge in [-0.25, -0.2) is 0 Å². The molecule has 0 aromatic carbocycles. The predicted octanol–water partition coefficient (Wildman–Crippen LogP) is 2.65. The Morgan fingerprint density at radius 2 is 1.82 bits per heavy atom. The summed E-state index contributed by atoms with van der Waals surface area (Å²) >= 11 is 0. The van der Waals surface area contributed by atoms with Gasteiger partial charge in [0, 0.05) is 5.57 Å². The molecule has 0 spiro atoms. The summed E-state index contributed by atoms with van der Waals surface area (Å²) in [5.41, 5.74) is 1.68. The summed E-state index contributed by atoms with van der Waals surface area (Å²) < 4.78 is 0. The summed E-state index contributed by atoms with van der Waals surface area (Å²) in [4.78, 5) is 10.8. The van der Waals surface area contributed by atoms with Crippen molar-refractivity contribution in [1.29, 1.82) is 0 Å². The highest BCUT2D eigenvalue weighted by Crippen LogP contribution is 2.00. The van der Waals surface area contributed by atoms with Crippen LogP contribution in [0.25, 0.3) is 0 Å². The standard InChI is InChI=1S/C10H14O/c1-5-10(9(4)11)7-6-8(2)3/h5-7H,2H2,1,3-4H3/b7-6-,10-5+. The van der Waals surface area contributed by atoms with Crippen LogP contribution in [0.15, 0.2) is 36.0 Å². The lowest BCUT2D eigenvalue weighted by Crippen LogP contribution is -1.91. The summed E-state index contributed by atoms with van der Waals surface area (Å²) in [7, 11) is 0. The fourth-order valence-electron chi connectivity index (χ4n) is 0.649. The Balaban J connectivity index is 4.34. The van der Waals surface area contributed by atoms with E-state index in [1.807, 2.05) is 19.9 Å². The third-order valence-electron chi connectivity index (χ3n) is 1.26. The second-order valence-electron chi connectivity index (χ2n) is 2.48. The van der Waals surface area contributed by atoms with E-state index in [0.29, 0.717) is 0 Å². The van der Waals surface area contributed by atoms with Crippen LogP contribution in [0, 0.1) is 0 Å². The molecule has 0 bridgehead atoms. The summed E-state index contributed by atoms with van der Waals surface area (Å²) in [5, 5.41) is 0. The first-order valence-electron chi connectivity index (χ1n) is 3.58. The second kappa shape index (κ2) is 4.67. The number of allylic oxidation sites excluding steroid dienone is 5. The van der Waals surface area contributed by atoms with E-state index in [9.17, 15) is 4.79 Å². The van der Waals surface area contributed by atoms with E-state index in [1.165, 1.54) is 0 Å². The highest BCUT2D eigenvalue weighted by Gasteiger charge is 1.94. The van der Waals surface area contributed by atoms with Gasteiger partial charge < -0.3 is 0 Å². The number of hydrogen-bond donors (Lipinski definition) is 0. The zero-order chi connectivity index (χ0) is 8.85. The minimum Gasteiger partial charge on any atom is -0.295 e. The molecule has 0 aromatic heterocycles. The van der Waals surface area contributed by atoms with Gasteiger partial charge in [-0.15, -0.1) is 0 Å². The summed E-state index contributed by atoms with van der Waals surface area (Å²) in [6, 6.07) is 0. The molecule has 0 atom stereocenters. The molecule has 0 rings (SSSR count). The topological polar surface area (TPSA) is 17.1 Å². The van der Waals surface area contributed by atoms with Crippen LogP contribution < -0.4 is 0 Å². The van der Waals surface area contributed by atoms with Crippen molar-refractivity contribution in [3.8, 4) is 0 Å². The van der Waals surface area contributed by atoms with Gasteiger partial charge in [0.25, 0.3) is 0 Å². The van der Waals surface area contributed by atoms with Crippen molar-refractivity contribution in [3.05, 3.63) is 36.0 Å². The number of carbonyl (C=O) groups is 1. The molecule has 0 aliphatic carbocycles. The first-order valence-corrected chi connectivity index (χ1v) is 3.58. The fraction of sp³-hybridized carbons (Fsp3) is 0.300. The first kappa shape index (κ1) is 9.89. The minimum atomic E-state index is 0.0880. The molecule has 1 heteroatoms. The smallest absolute Gasteiger partial charge is 0.159 e. The molecule has 60 valence electrons. The lowest BCUT2D eigenvalue weighted by atomic mass is 10.1. The summed E-state index contributed by atoms with van der Waals surface area (Å²) in [6.45, 7) is 8.99. The van der Waals surface area contributed by atoms with Gasteiger partial charge in [-0.1, -0.05) is 30.4 Å². The molecule has 0 aliphatic rings. The van der Waals surface area contributed by atoms with Gasteiger partial charge in [0.1, 0.15) is 0 Å². The molecule has 0 saturated heterocycles. The molecule has 0 saturated carbocycles. The predicted molar refractivity (Wildman–Crippen MR) is 48.4 cm³/mol. The fourth-order valence-corrected chi connectivity index (χ4v) is 0.649. The van der Waals surface area contributed by atoms with Gasteiger partial charge in [0.15, 0.2) is 5.78 Å². The van der Waals surface area contributed by atoms with Crippen molar-refractivity contribution in [2.45, 2.75) is 20.8 Å². The van der Waals surface area contributed by atoms with Crippen LogP contribution in [-0.4, -0.2) is 5.78 Å². The van der Waals surface area contributed by atoms with E-state index in [-0.39, 0.29) is 5.78 Å². The van der Waals surface area contributed by atoms with Crippen LogP contribution in [0.5, 0.6) is 0 Å². The molecule has 0 aliphatic heterocycles. The molecule has 11 heavy (non-hydrogen) atoms. The Hall–Kier alpha value is -1.11. The number of hydrogen-bond acceptors (Lipinski definition) is 1. The molecule has 0 heterocycles. The van der Waals surface area contributed by atoms with E-state index in [4.69, 9.17) is 0 Å². The van der Waals surface area contributed by atoms with Crippen molar-refractivity contribution in [2.75, 3.05) is 0 Å². The Morgan fingerprint density at radius 1 is 1.27 bits per heavy atom. The van der Waals surface area contributed by atoms with Crippen LogP contribution in [0.1, 0.15) is 20.8 Å². The van der Waals surface area contributed by atoms with Gasteiger partial charge in [-0.3, -0.25) is 4.79 Å². The maximum atomic E-state index is 10.8. The van der Waals surface area contributed by atoms with Crippen LogP contribution in [0.2, 0.25) is 0 Å². The molecule has 1 nitrogen and oxygen atoms in total. The normalized spacial score (nSPS) is 12.1. The third-order valence-corrected chi connectivity index (χ3v) is 1.26. The lowest BCUT2D eigenvalue weighted by Gasteiger charge is -1.92. The molecule has 0 aromatic rings. The molecule has 0 radical (unpaired) electrons. The highest BCUT2D eigenvalue weighted by atomic mass is 16.1. The Kier molecular flexibility index (Phi) is 4.20. The quantitative estimate of drug-likeness (QED) is 0.446. The number of ketones is 1. The van der Waals surface area contributed by atoms with Gasteiger partial charge in [0.2, 0.25) is 0 Å². The van der Waals surface area contributed by atoms with Gasteiger partial charge in [-0.2, -0.15) is 0 Å². The summed E-state index contributed by atoms with van der Waals surface area (Å²) in [5.74, 6) is 0.0880. The molecule has 0 N–H and O–H groups in total. The highest BCUT2D eigenvalue weighted by molar-refractivity contribution is 5.95. The summed E-state index contributed by atoms with van der Waals surface area (Å²) in [6.07, 6.45) is 5.41. The maximum absolute atomic E-state index is 10.8. The van der Waals surface area contributed by atoms with Crippen molar-refractivity contribution >= 4 is 5.78 Å². The van der Waals surface area contributed by atoms with Gasteiger partial charge in [-0.05, 0) is 20.8 Å². The van der Waals surface area contributed by atoms with Crippen LogP contribution in [0.4, 0.5) is 0 Å². The van der Waals surface area contributed by atoms with Gasteiger partial charge >= 0.3 is 0 Å². The van der Waals surface area contributed by atoms with E-state index in [0.717, 1.165) is 11.1 Å². The Morgan fingerprint density at radius 3 is 2.09 bits per heavy atom. The van der Waals surface area contributed by atoms with Crippen LogP contribution in [0.3, 0.4) is 0 Å². The Bertz CT molecular complexity index is 219. The molecular formula is C10H14O. The molecule has 0 unspecified atom stereocenters. The molecule has 0 fully saturated rings. The first-order chi connectivity index (χ1) is 5.07. The number of Topliss-reactive ketones (excluding diaryl/α,β-unsaturated/α-hetero) is 1. The van der Waals surface area contributed by atoms with Crippen LogP contribution in [-0.2, 0) is 4.79 Å². The second-order valence-corrected chi connectivity index (χ2v) is 2.48. The maximum Gasteiger partial charge on any atom is 0.159 e. The number of rotatable bonds is 3. The SMILES string of the molecule is C=C(C)/C=C\C(=C/C)C(C)=O. The average Bonchev–Trinajstić information content (AvgIpc) is 1.87. The zero-order valence-corrected chi connectivity index (χ0v) is 7.35. The van der Waals surface area contributed by atoms with Crippen molar-refractivity contribution in [1.82, 2.24) is 0 Å². The van der Waals surface area contributed by atoms with Crippen LogP contribution >= 0.6 is 0 Å².